The Morgan fingerprint density at radius 3 is 2.65 bits per heavy atom. The van der Waals surface area contributed by atoms with Gasteiger partial charge < -0.3 is 15.0 Å². The van der Waals surface area contributed by atoms with Gasteiger partial charge in [0.1, 0.15) is 5.60 Å². The molecule has 1 aromatic rings. The predicted octanol–water partition coefficient (Wildman–Crippen LogP) is 4.43. The predicted molar refractivity (Wildman–Crippen MR) is 125 cm³/mol. The van der Waals surface area contributed by atoms with E-state index in [9.17, 15) is 4.79 Å². The largest absolute Gasteiger partial charge is 0.444 e. The lowest BCUT2D eigenvalue weighted by Gasteiger charge is -2.32. The van der Waals surface area contributed by atoms with E-state index in [1.807, 2.05) is 32.1 Å². The first-order valence-corrected chi connectivity index (χ1v) is 13.1. The van der Waals surface area contributed by atoms with Gasteiger partial charge in [-0.05, 0) is 90.0 Å². The number of alkyl carbamates (subject to hydrolysis) is 1. The van der Waals surface area contributed by atoms with E-state index in [4.69, 9.17) is 9.72 Å². The second-order valence-corrected chi connectivity index (χ2v) is 12.3. The van der Waals surface area contributed by atoms with Crippen LogP contribution in [0.4, 0.5) is 9.93 Å². The quantitative estimate of drug-likeness (QED) is 0.725. The molecule has 2 atom stereocenters. The minimum absolute atomic E-state index is 0.270. The molecule has 0 bridgehead atoms. The molecule has 3 heterocycles. The van der Waals surface area contributed by atoms with Crippen molar-refractivity contribution in [2.75, 3.05) is 31.1 Å². The summed E-state index contributed by atoms with van der Waals surface area (Å²) >= 11 is 1.96. The van der Waals surface area contributed by atoms with Crippen LogP contribution < -0.4 is 10.2 Å². The molecule has 3 fully saturated rings. The molecule has 0 aromatic carbocycles. The summed E-state index contributed by atoms with van der Waals surface area (Å²) in [5.41, 5.74) is 0.916. The van der Waals surface area contributed by atoms with Gasteiger partial charge in [0.2, 0.25) is 0 Å². The molecule has 2 aliphatic heterocycles. The van der Waals surface area contributed by atoms with Gasteiger partial charge in [-0.3, -0.25) is 4.90 Å². The van der Waals surface area contributed by atoms with Crippen molar-refractivity contribution in [3.8, 4) is 0 Å². The number of amides is 1. The molecule has 1 aromatic heterocycles. The molecule has 31 heavy (non-hydrogen) atoms. The number of aromatic nitrogens is 1. The van der Waals surface area contributed by atoms with Crippen molar-refractivity contribution in [1.82, 2.24) is 15.2 Å². The summed E-state index contributed by atoms with van der Waals surface area (Å²) in [6.45, 7) is 11.6. The van der Waals surface area contributed by atoms with E-state index in [2.05, 4.69) is 15.1 Å². The molecular formula is C24H38N4O2S. The standard InChI is InChI=1S/C24H38N4O2S/c1-24(2,3)30-23(29)25-19-6-4-16(5-7-19)8-10-27-11-9-21-20(15-27)26-22(31-21)28-13-17-12-18(17)14-28/h16-19H,4-15H2,1-3H3,(H,25,29)/t16-,17?,18?,19-. The zero-order valence-corrected chi connectivity index (χ0v) is 20.2. The van der Waals surface area contributed by atoms with Crippen LogP contribution in [0.15, 0.2) is 0 Å². The molecule has 2 saturated carbocycles. The number of anilines is 1. The Labute approximate surface area is 190 Å². The van der Waals surface area contributed by atoms with E-state index in [-0.39, 0.29) is 12.1 Å². The van der Waals surface area contributed by atoms with Crippen molar-refractivity contribution in [2.24, 2.45) is 17.8 Å². The average molecular weight is 447 g/mol. The van der Waals surface area contributed by atoms with Crippen molar-refractivity contribution in [3.63, 3.8) is 0 Å². The molecule has 172 valence electrons. The van der Waals surface area contributed by atoms with Crippen molar-refractivity contribution in [3.05, 3.63) is 10.6 Å². The van der Waals surface area contributed by atoms with Crippen LogP contribution >= 0.6 is 11.3 Å². The van der Waals surface area contributed by atoms with Crippen LogP contribution in [0.2, 0.25) is 0 Å². The molecular weight excluding hydrogens is 408 g/mol. The molecule has 2 aliphatic carbocycles. The second-order valence-electron chi connectivity index (χ2n) is 11.2. The number of rotatable bonds is 5. The normalized spacial score (nSPS) is 30.6. The number of thiazole rings is 1. The minimum atomic E-state index is -0.428. The summed E-state index contributed by atoms with van der Waals surface area (Å²) in [5.74, 6) is 2.71. The first-order valence-electron chi connectivity index (χ1n) is 12.3. The SMILES string of the molecule is CC(C)(C)OC(=O)N[C@H]1CC[C@H](CCN2CCc3sc(N4CC5CC5C4)nc3C2)CC1. The smallest absolute Gasteiger partial charge is 0.407 e. The third-order valence-corrected chi connectivity index (χ3v) is 8.68. The molecule has 1 amide bonds. The highest BCUT2D eigenvalue weighted by Gasteiger charge is 2.46. The lowest BCUT2D eigenvalue weighted by atomic mass is 9.84. The fraction of sp³-hybridized carbons (Fsp3) is 0.833. The van der Waals surface area contributed by atoms with E-state index in [1.165, 1.54) is 74.0 Å². The number of hydrogen-bond acceptors (Lipinski definition) is 6. The monoisotopic (exact) mass is 446 g/mol. The highest BCUT2D eigenvalue weighted by Crippen LogP contribution is 2.47. The van der Waals surface area contributed by atoms with E-state index in [1.54, 1.807) is 0 Å². The van der Waals surface area contributed by atoms with Crippen LogP contribution in [-0.4, -0.2) is 53.8 Å². The lowest BCUT2D eigenvalue weighted by Crippen LogP contribution is -2.41. The summed E-state index contributed by atoms with van der Waals surface area (Å²) in [6.07, 6.45) is 8.17. The van der Waals surface area contributed by atoms with Crippen LogP contribution in [0.3, 0.4) is 0 Å². The zero-order chi connectivity index (χ0) is 21.6. The zero-order valence-electron chi connectivity index (χ0n) is 19.4. The van der Waals surface area contributed by atoms with Crippen LogP contribution in [-0.2, 0) is 17.7 Å². The fourth-order valence-electron chi connectivity index (χ4n) is 5.55. The van der Waals surface area contributed by atoms with Gasteiger partial charge in [-0.2, -0.15) is 0 Å². The van der Waals surface area contributed by atoms with Crippen LogP contribution in [0.5, 0.6) is 0 Å². The number of hydrogen-bond donors (Lipinski definition) is 1. The van der Waals surface area contributed by atoms with E-state index in [0.29, 0.717) is 0 Å². The van der Waals surface area contributed by atoms with E-state index < -0.39 is 5.60 Å². The fourth-order valence-corrected chi connectivity index (χ4v) is 6.63. The van der Waals surface area contributed by atoms with Gasteiger partial charge in [-0.1, -0.05) is 0 Å². The summed E-state index contributed by atoms with van der Waals surface area (Å²) in [5, 5.41) is 4.35. The van der Waals surface area contributed by atoms with Crippen LogP contribution in [0.1, 0.15) is 69.9 Å². The number of fused-ring (bicyclic) bond motifs is 2. The second kappa shape index (κ2) is 8.54. The highest BCUT2D eigenvalue weighted by atomic mass is 32.1. The summed E-state index contributed by atoms with van der Waals surface area (Å²) in [4.78, 5) is 23.7. The molecule has 7 heteroatoms. The number of carbonyl (C=O) groups excluding carboxylic acids is 1. The average Bonchev–Trinajstić information content (AvgIpc) is 3.11. The Bertz CT molecular complexity index is 786. The van der Waals surface area contributed by atoms with Gasteiger partial charge in [-0.15, -0.1) is 11.3 Å². The first kappa shape index (κ1) is 21.5. The lowest BCUT2D eigenvalue weighted by molar-refractivity contribution is 0.0485. The summed E-state index contributed by atoms with van der Waals surface area (Å²) in [6, 6.07) is 0.272. The van der Waals surface area contributed by atoms with E-state index >= 15 is 0 Å². The van der Waals surface area contributed by atoms with Gasteiger partial charge in [0.25, 0.3) is 0 Å². The third-order valence-electron chi connectivity index (χ3n) is 7.47. The van der Waals surface area contributed by atoms with Crippen molar-refractivity contribution < 1.29 is 9.53 Å². The molecule has 1 N–H and O–H groups in total. The number of ether oxygens (including phenoxy) is 1. The van der Waals surface area contributed by atoms with Crippen LogP contribution in [0.25, 0.3) is 0 Å². The molecule has 4 aliphatic rings. The van der Waals surface area contributed by atoms with Crippen LogP contribution in [0, 0.1) is 17.8 Å². The summed E-state index contributed by atoms with van der Waals surface area (Å²) in [7, 11) is 0. The Hall–Kier alpha value is -1.34. The molecule has 0 radical (unpaired) electrons. The van der Waals surface area contributed by atoms with Crippen molar-refractivity contribution in [1.29, 1.82) is 0 Å². The molecule has 0 spiro atoms. The van der Waals surface area contributed by atoms with E-state index in [0.717, 1.165) is 37.1 Å². The number of nitrogens with zero attached hydrogens (tertiary/aromatic N) is 3. The van der Waals surface area contributed by atoms with Gasteiger partial charge in [0, 0.05) is 37.1 Å². The maximum atomic E-state index is 12.0. The molecule has 6 nitrogen and oxygen atoms in total. The van der Waals surface area contributed by atoms with Crippen molar-refractivity contribution >= 4 is 22.6 Å². The Morgan fingerprint density at radius 1 is 1.19 bits per heavy atom. The maximum Gasteiger partial charge on any atom is 0.407 e. The third kappa shape index (κ3) is 5.36. The van der Waals surface area contributed by atoms with Crippen molar-refractivity contribution in [2.45, 2.75) is 83.9 Å². The highest BCUT2D eigenvalue weighted by molar-refractivity contribution is 7.15. The van der Waals surface area contributed by atoms with Gasteiger partial charge in [-0.25, -0.2) is 9.78 Å². The molecule has 5 rings (SSSR count). The Balaban J connectivity index is 1.03. The molecule has 1 saturated heterocycles. The first-order chi connectivity index (χ1) is 14.8. The topological polar surface area (TPSA) is 57.7 Å². The van der Waals surface area contributed by atoms with Gasteiger partial charge in [0.05, 0.1) is 5.69 Å². The minimum Gasteiger partial charge on any atom is -0.444 e. The number of carbonyl (C=O) groups is 1. The molecule has 2 unspecified atom stereocenters. The Kier molecular flexibility index (Phi) is 5.93. The van der Waals surface area contributed by atoms with Gasteiger partial charge in [0.15, 0.2) is 5.13 Å². The maximum absolute atomic E-state index is 12.0. The number of nitrogens with one attached hydrogen (secondary N) is 1. The number of piperidine rings is 1. The summed E-state index contributed by atoms with van der Waals surface area (Å²) < 4.78 is 5.40. The Morgan fingerprint density at radius 2 is 1.94 bits per heavy atom. The van der Waals surface area contributed by atoms with Gasteiger partial charge >= 0.3 is 6.09 Å².